The maximum absolute atomic E-state index is 12.6. The Morgan fingerprint density at radius 2 is 1.89 bits per heavy atom. The Hall–Kier alpha value is -2.82. The molecule has 2 aromatic heterocycles. The molecule has 0 amide bonds. The van der Waals surface area contributed by atoms with Crippen molar-refractivity contribution in [3.8, 4) is 0 Å². The zero-order chi connectivity index (χ0) is 19.1. The summed E-state index contributed by atoms with van der Waals surface area (Å²) in [5, 5.41) is 0.849. The Morgan fingerprint density at radius 1 is 1.15 bits per heavy atom. The molecule has 3 aromatic rings. The fraction of sp³-hybridized carbons (Fsp3) is 0.364. The third-order valence-electron chi connectivity index (χ3n) is 5.51. The second-order valence-corrected chi connectivity index (χ2v) is 7.17. The maximum atomic E-state index is 12.6. The summed E-state index contributed by atoms with van der Waals surface area (Å²) in [5.74, 6) is -0.370. The smallest absolute Gasteiger partial charge is 0.340 e. The predicted molar refractivity (Wildman–Crippen MR) is 103 cm³/mol. The van der Waals surface area contributed by atoms with Gasteiger partial charge in [0.05, 0.1) is 5.56 Å². The van der Waals surface area contributed by atoms with Crippen LogP contribution < -0.4 is 5.63 Å². The molecule has 0 spiro atoms. The molecule has 0 N–H and O–H groups in total. The lowest BCUT2D eigenvalue weighted by Gasteiger charge is -2.09. The van der Waals surface area contributed by atoms with Crippen LogP contribution in [0.2, 0.25) is 0 Å². The van der Waals surface area contributed by atoms with Gasteiger partial charge in [-0.05, 0) is 69.4 Å². The molecule has 0 aliphatic heterocycles. The SMILES string of the molecule is CCn1c(C)cc(C(=O)OCc2cc(=O)oc3cc4c(cc23)CCC4)c1C. The van der Waals surface area contributed by atoms with E-state index in [-0.39, 0.29) is 12.6 Å². The van der Waals surface area contributed by atoms with E-state index < -0.39 is 5.63 Å². The minimum Gasteiger partial charge on any atom is -0.457 e. The molecule has 0 saturated carbocycles. The standard InChI is InChI=1S/C22H23NO4/c1-4-23-13(2)8-18(14(23)3)22(25)26-12-17-11-21(24)27-20-10-16-7-5-6-15(16)9-19(17)20/h8-11H,4-7,12H2,1-3H3. The lowest BCUT2D eigenvalue weighted by atomic mass is 10.0. The van der Waals surface area contributed by atoms with E-state index in [4.69, 9.17) is 9.15 Å². The van der Waals surface area contributed by atoms with Crippen LogP contribution in [0.5, 0.6) is 0 Å². The number of aromatic nitrogens is 1. The molecule has 1 aliphatic carbocycles. The largest absolute Gasteiger partial charge is 0.457 e. The first-order chi connectivity index (χ1) is 13.0. The number of hydrogen-bond acceptors (Lipinski definition) is 4. The van der Waals surface area contributed by atoms with E-state index in [0.29, 0.717) is 16.7 Å². The van der Waals surface area contributed by atoms with E-state index >= 15 is 0 Å². The monoisotopic (exact) mass is 365 g/mol. The van der Waals surface area contributed by atoms with E-state index in [1.165, 1.54) is 17.2 Å². The summed E-state index contributed by atoms with van der Waals surface area (Å²) >= 11 is 0. The van der Waals surface area contributed by atoms with Crippen LogP contribution in [0.3, 0.4) is 0 Å². The molecule has 2 heterocycles. The number of carbonyl (C=O) groups excluding carboxylic acids is 1. The molecule has 140 valence electrons. The maximum Gasteiger partial charge on any atom is 0.340 e. The Labute approximate surface area is 157 Å². The number of aryl methyl sites for hydroxylation is 3. The highest BCUT2D eigenvalue weighted by Gasteiger charge is 2.19. The van der Waals surface area contributed by atoms with Crippen molar-refractivity contribution in [2.24, 2.45) is 0 Å². The van der Waals surface area contributed by atoms with Crippen LogP contribution in [-0.4, -0.2) is 10.5 Å². The van der Waals surface area contributed by atoms with Crippen molar-refractivity contribution in [1.82, 2.24) is 4.57 Å². The van der Waals surface area contributed by atoms with Gasteiger partial charge in [0.25, 0.3) is 0 Å². The highest BCUT2D eigenvalue weighted by molar-refractivity contribution is 5.91. The van der Waals surface area contributed by atoms with E-state index in [2.05, 4.69) is 10.6 Å². The van der Waals surface area contributed by atoms with Gasteiger partial charge in [-0.2, -0.15) is 0 Å². The van der Waals surface area contributed by atoms with Crippen LogP contribution in [0, 0.1) is 13.8 Å². The van der Waals surface area contributed by atoms with Gasteiger partial charge in [-0.3, -0.25) is 0 Å². The van der Waals surface area contributed by atoms with Crippen LogP contribution in [0.15, 0.2) is 33.5 Å². The summed E-state index contributed by atoms with van der Waals surface area (Å²) in [4.78, 5) is 24.5. The van der Waals surface area contributed by atoms with Crippen molar-refractivity contribution in [1.29, 1.82) is 0 Å². The van der Waals surface area contributed by atoms with Gasteiger partial charge in [0.1, 0.15) is 12.2 Å². The van der Waals surface area contributed by atoms with Crippen molar-refractivity contribution in [3.63, 3.8) is 0 Å². The molecule has 0 atom stereocenters. The molecule has 0 radical (unpaired) electrons. The van der Waals surface area contributed by atoms with Crippen LogP contribution in [-0.2, 0) is 30.7 Å². The molecule has 0 bridgehead atoms. The molecule has 4 rings (SSSR count). The van der Waals surface area contributed by atoms with Gasteiger partial charge in [-0.15, -0.1) is 0 Å². The Morgan fingerprint density at radius 3 is 2.59 bits per heavy atom. The first-order valence-corrected chi connectivity index (χ1v) is 9.40. The van der Waals surface area contributed by atoms with Gasteiger partial charge >= 0.3 is 11.6 Å². The van der Waals surface area contributed by atoms with E-state index in [1.807, 2.05) is 32.9 Å². The Balaban J connectivity index is 1.64. The first kappa shape index (κ1) is 17.6. The summed E-state index contributed by atoms with van der Waals surface area (Å²) in [6, 6.07) is 7.31. The topological polar surface area (TPSA) is 61.4 Å². The Kier molecular flexibility index (Phi) is 4.38. The fourth-order valence-corrected chi connectivity index (χ4v) is 4.13. The minimum absolute atomic E-state index is 0.0511. The molecular weight excluding hydrogens is 342 g/mol. The molecule has 27 heavy (non-hydrogen) atoms. The summed E-state index contributed by atoms with van der Waals surface area (Å²) in [5.41, 5.74) is 5.87. The summed E-state index contributed by atoms with van der Waals surface area (Å²) < 4.78 is 13.0. The van der Waals surface area contributed by atoms with Crippen LogP contribution in [0.1, 0.15) is 51.8 Å². The molecule has 1 aliphatic rings. The van der Waals surface area contributed by atoms with Gasteiger partial charge in [-0.25, -0.2) is 9.59 Å². The number of carbonyl (C=O) groups is 1. The molecule has 1 aromatic carbocycles. The summed E-state index contributed by atoms with van der Waals surface area (Å²) in [7, 11) is 0. The van der Waals surface area contributed by atoms with E-state index in [9.17, 15) is 9.59 Å². The van der Waals surface area contributed by atoms with Crippen LogP contribution >= 0.6 is 0 Å². The fourth-order valence-electron chi connectivity index (χ4n) is 4.13. The van der Waals surface area contributed by atoms with Gasteiger partial charge in [0.15, 0.2) is 0 Å². The highest BCUT2D eigenvalue weighted by Crippen LogP contribution is 2.29. The second kappa shape index (κ2) is 6.72. The molecule has 5 heteroatoms. The third kappa shape index (κ3) is 3.07. The molecule has 0 saturated heterocycles. The lowest BCUT2D eigenvalue weighted by Crippen LogP contribution is -2.09. The quantitative estimate of drug-likeness (QED) is 0.516. The van der Waals surface area contributed by atoms with Crippen LogP contribution in [0.25, 0.3) is 11.0 Å². The highest BCUT2D eigenvalue weighted by atomic mass is 16.5. The minimum atomic E-state index is -0.421. The summed E-state index contributed by atoms with van der Waals surface area (Å²) in [6.45, 7) is 6.80. The normalized spacial score (nSPS) is 13.1. The predicted octanol–water partition coefficient (Wildman–Crippen LogP) is 4.08. The number of ether oxygens (including phenoxy) is 1. The van der Waals surface area contributed by atoms with Crippen molar-refractivity contribution in [3.05, 3.63) is 68.3 Å². The number of rotatable bonds is 4. The average molecular weight is 365 g/mol. The van der Waals surface area contributed by atoms with Crippen molar-refractivity contribution < 1.29 is 13.9 Å². The third-order valence-corrected chi connectivity index (χ3v) is 5.51. The number of esters is 1. The molecular formula is C22H23NO4. The zero-order valence-corrected chi connectivity index (χ0v) is 15.9. The first-order valence-electron chi connectivity index (χ1n) is 9.40. The zero-order valence-electron chi connectivity index (χ0n) is 15.9. The lowest BCUT2D eigenvalue weighted by molar-refractivity contribution is 0.0473. The van der Waals surface area contributed by atoms with E-state index in [1.54, 1.807) is 0 Å². The van der Waals surface area contributed by atoms with Crippen molar-refractivity contribution in [2.45, 2.75) is 53.2 Å². The van der Waals surface area contributed by atoms with Gasteiger partial charge in [0.2, 0.25) is 0 Å². The van der Waals surface area contributed by atoms with Gasteiger partial charge < -0.3 is 13.7 Å². The Bertz CT molecular complexity index is 1100. The summed E-state index contributed by atoms with van der Waals surface area (Å²) in [6.07, 6.45) is 3.17. The molecule has 5 nitrogen and oxygen atoms in total. The van der Waals surface area contributed by atoms with Crippen LogP contribution in [0.4, 0.5) is 0 Å². The molecule has 0 fully saturated rings. The average Bonchev–Trinajstić information content (AvgIpc) is 3.20. The second-order valence-electron chi connectivity index (χ2n) is 7.17. The van der Waals surface area contributed by atoms with Gasteiger partial charge in [0, 0.05) is 34.9 Å². The van der Waals surface area contributed by atoms with Crippen molar-refractivity contribution in [2.75, 3.05) is 0 Å². The number of hydrogen-bond donors (Lipinski definition) is 0. The molecule has 0 unspecified atom stereocenters. The number of benzene rings is 1. The van der Waals surface area contributed by atoms with Gasteiger partial charge in [-0.1, -0.05) is 0 Å². The number of nitrogens with zero attached hydrogens (tertiary/aromatic N) is 1. The number of fused-ring (bicyclic) bond motifs is 2. The van der Waals surface area contributed by atoms with Crippen molar-refractivity contribution >= 4 is 16.9 Å². The van der Waals surface area contributed by atoms with E-state index in [0.717, 1.165) is 42.6 Å².